The van der Waals surface area contributed by atoms with E-state index >= 15 is 0 Å². The fraction of sp³-hybridized carbons (Fsp3) is 0.250. The van der Waals surface area contributed by atoms with Gasteiger partial charge < -0.3 is 15.7 Å². The minimum absolute atomic E-state index is 0.0228. The molecule has 0 aliphatic carbocycles. The number of anilines is 1. The normalized spacial score (nSPS) is 18.2. The maximum Gasteiger partial charge on any atom is 0.335 e. The second kappa shape index (κ2) is 5.89. The Bertz CT molecular complexity index is 566. The quantitative estimate of drug-likeness (QED) is 0.631. The minimum atomic E-state index is -1.11. The van der Waals surface area contributed by atoms with Crippen molar-refractivity contribution in [3.8, 4) is 0 Å². The highest BCUT2D eigenvalue weighted by molar-refractivity contribution is 6.34. The summed E-state index contributed by atoms with van der Waals surface area (Å²) in [6, 6.07) is 3.44. The van der Waals surface area contributed by atoms with Gasteiger partial charge in [-0.05, 0) is 18.2 Å². The van der Waals surface area contributed by atoms with E-state index in [9.17, 15) is 14.4 Å². The first kappa shape index (κ1) is 14.3. The number of carboxylic acids is 1. The van der Waals surface area contributed by atoms with Crippen molar-refractivity contribution < 1.29 is 19.5 Å². The van der Waals surface area contributed by atoms with E-state index in [-0.39, 0.29) is 35.3 Å². The molecule has 1 aromatic carbocycles. The molecular weight excluding hydrogens is 286 g/mol. The van der Waals surface area contributed by atoms with Crippen LogP contribution in [0.2, 0.25) is 5.02 Å². The lowest BCUT2D eigenvalue weighted by Crippen LogP contribution is -2.56. The average molecular weight is 298 g/mol. The molecule has 0 bridgehead atoms. The van der Waals surface area contributed by atoms with Gasteiger partial charge in [0.2, 0.25) is 11.8 Å². The van der Waals surface area contributed by atoms with Gasteiger partial charge >= 0.3 is 5.97 Å². The van der Waals surface area contributed by atoms with Gasteiger partial charge in [0.05, 0.1) is 22.8 Å². The van der Waals surface area contributed by atoms with Gasteiger partial charge in [-0.25, -0.2) is 4.79 Å². The SMILES string of the molecule is O=C1CNC(C(=O)Nc2cc(C(=O)O)ccc2Cl)CN1. The maximum absolute atomic E-state index is 12.0. The number of aromatic carboxylic acids is 1. The molecule has 8 heteroatoms. The van der Waals surface area contributed by atoms with Gasteiger partial charge in [-0.3, -0.25) is 14.9 Å². The van der Waals surface area contributed by atoms with E-state index in [1.54, 1.807) is 0 Å². The molecule has 1 aliphatic rings. The monoisotopic (exact) mass is 297 g/mol. The van der Waals surface area contributed by atoms with Crippen LogP contribution in [0.4, 0.5) is 5.69 Å². The molecule has 1 unspecified atom stereocenters. The van der Waals surface area contributed by atoms with Crippen LogP contribution >= 0.6 is 11.6 Å². The van der Waals surface area contributed by atoms with Crippen LogP contribution in [0.25, 0.3) is 0 Å². The predicted molar refractivity (Wildman–Crippen MR) is 71.8 cm³/mol. The Balaban J connectivity index is 2.09. The summed E-state index contributed by atoms with van der Waals surface area (Å²) in [6.45, 7) is 0.224. The number of carbonyl (C=O) groups is 3. The molecule has 0 radical (unpaired) electrons. The van der Waals surface area contributed by atoms with Crippen molar-refractivity contribution in [3.63, 3.8) is 0 Å². The zero-order valence-electron chi connectivity index (χ0n) is 10.3. The summed E-state index contributed by atoms with van der Waals surface area (Å²) in [7, 11) is 0. The van der Waals surface area contributed by atoms with E-state index in [4.69, 9.17) is 16.7 Å². The second-order valence-corrected chi connectivity index (χ2v) is 4.63. The van der Waals surface area contributed by atoms with Gasteiger partial charge in [-0.15, -0.1) is 0 Å². The number of amides is 2. The Labute approximate surface area is 119 Å². The van der Waals surface area contributed by atoms with Crippen molar-refractivity contribution in [2.24, 2.45) is 0 Å². The topological polar surface area (TPSA) is 108 Å². The standard InChI is InChI=1S/C12H12ClN3O4/c13-7-2-1-6(12(19)20)3-8(7)16-11(18)9-4-15-10(17)5-14-9/h1-3,9,14H,4-5H2,(H,15,17)(H,16,18)(H,19,20). The molecule has 1 aliphatic heterocycles. The number of hydrogen-bond acceptors (Lipinski definition) is 4. The van der Waals surface area contributed by atoms with Gasteiger partial charge in [0.1, 0.15) is 6.04 Å². The Morgan fingerprint density at radius 1 is 1.40 bits per heavy atom. The summed E-state index contributed by atoms with van der Waals surface area (Å²) >= 11 is 5.91. The molecule has 0 saturated carbocycles. The largest absolute Gasteiger partial charge is 0.478 e. The molecule has 7 nitrogen and oxygen atoms in total. The van der Waals surface area contributed by atoms with Gasteiger partial charge in [0.15, 0.2) is 0 Å². The van der Waals surface area contributed by atoms with Crippen LogP contribution in [0.15, 0.2) is 18.2 Å². The Hall–Kier alpha value is -2.12. The molecule has 20 heavy (non-hydrogen) atoms. The summed E-state index contributed by atoms with van der Waals surface area (Å²) in [4.78, 5) is 33.8. The Kier molecular flexibility index (Phi) is 4.21. The van der Waals surface area contributed by atoms with Crippen LogP contribution < -0.4 is 16.0 Å². The van der Waals surface area contributed by atoms with Crippen LogP contribution in [0.3, 0.4) is 0 Å². The Morgan fingerprint density at radius 2 is 2.15 bits per heavy atom. The molecule has 106 valence electrons. The van der Waals surface area contributed by atoms with Crippen LogP contribution in [0.5, 0.6) is 0 Å². The molecule has 2 amide bonds. The number of hydrogen-bond donors (Lipinski definition) is 4. The third-order valence-electron chi connectivity index (χ3n) is 2.80. The molecule has 0 aromatic heterocycles. The lowest BCUT2D eigenvalue weighted by Gasteiger charge is -2.23. The molecular formula is C12H12ClN3O4. The van der Waals surface area contributed by atoms with E-state index in [0.29, 0.717) is 0 Å². The van der Waals surface area contributed by atoms with Crippen LogP contribution in [-0.2, 0) is 9.59 Å². The summed E-state index contributed by atoms with van der Waals surface area (Å²) in [5.41, 5.74) is 0.241. The van der Waals surface area contributed by atoms with E-state index in [2.05, 4.69) is 16.0 Å². The highest BCUT2D eigenvalue weighted by atomic mass is 35.5. The summed E-state index contributed by atoms with van der Waals surface area (Å²) in [5.74, 6) is -1.69. The van der Waals surface area contributed by atoms with E-state index < -0.39 is 17.9 Å². The number of nitrogens with one attached hydrogen (secondary N) is 3. The zero-order valence-corrected chi connectivity index (χ0v) is 11.0. The molecule has 1 saturated heterocycles. The summed E-state index contributed by atoms with van der Waals surface area (Å²) in [6.07, 6.45) is 0. The fourth-order valence-corrected chi connectivity index (χ4v) is 1.89. The number of rotatable bonds is 3. The molecule has 1 heterocycles. The number of carbonyl (C=O) groups excluding carboxylic acids is 2. The molecule has 0 spiro atoms. The Morgan fingerprint density at radius 3 is 2.75 bits per heavy atom. The molecule has 1 aromatic rings. The third kappa shape index (κ3) is 3.25. The minimum Gasteiger partial charge on any atom is -0.478 e. The number of carboxylic acid groups (broad SMARTS) is 1. The number of piperazine rings is 1. The first-order valence-corrected chi connectivity index (χ1v) is 6.19. The van der Waals surface area contributed by atoms with Crippen LogP contribution in [0.1, 0.15) is 10.4 Å². The summed E-state index contributed by atoms with van der Waals surface area (Å²) < 4.78 is 0. The average Bonchev–Trinajstić information content (AvgIpc) is 2.41. The lowest BCUT2D eigenvalue weighted by atomic mass is 10.1. The second-order valence-electron chi connectivity index (χ2n) is 4.23. The maximum atomic E-state index is 12.0. The fourth-order valence-electron chi connectivity index (χ4n) is 1.73. The smallest absolute Gasteiger partial charge is 0.335 e. The van der Waals surface area contributed by atoms with Gasteiger partial charge in [-0.1, -0.05) is 11.6 Å². The first-order chi connectivity index (χ1) is 9.47. The van der Waals surface area contributed by atoms with Gasteiger partial charge in [-0.2, -0.15) is 0 Å². The van der Waals surface area contributed by atoms with Crippen LogP contribution in [-0.4, -0.2) is 42.0 Å². The molecule has 1 fully saturated rings. The first-order valence-electron chi connectivity index (χ1n) is 5.81. The molecule has 1 atom stereocenters. The highest BCUT2D eigenvalue weighted by Gasteiger charge is 2.24. The molecule has 4 N–H and O–H groups in total. The highest BCUT2D eigenvalue weighted by Crippen LogP contribution is 2.23. The third-order valence-corrected chi connectivity index (χ3v) is 3.13. The van der Waals surface area contributed by atoms with Crippen molar-refractivity contribution in [1.29, 1.82) is 0 Å². The van der Waals surface area contributed by atoms with Crippen molar-refractivity contribution in [2.75, 3.05) is 18.4 Å². The number of benzene rings is 1. The summed E-state index contributed by atoms with van der Waals surface area (Å²) in [5, 5.41) is 17.0. The molecule has 2 rings (SSSR count). The zero-order chi connectivity index (χ0) is 14.7. The predicted octanol–water partition coefficient (Wildman–Crippen LogP) is 0.0647. The van der Waals surface area contributed by atoms with Crippen molar-refractivity contribution in [3.05, 3.63) is 28.8 Å². The van der Waals surface area contributed by atoms with Crippen molar-refractivity contribution in [1.82, 2.24) is 10.6 Å². The lowest BCUT2D eigenvalue weighted by molar-refractivity contribution is -0.124. The number of halogens is 1. The van der Waals surface area contributed by atoms with E-state index in [1.807, 2.05) is 0 Å². The van der Waals surface area contributed by atoms with E-state index in [0.717, 1.165) is 0 Å². The van der Waals surface area contributed by atoms with Gasteiger partial charge in [0, 0.05) is 6.54 Å². The van der Waals surface area contributed by atoms with E-state index in [1.165, 1.54) is 18.2 Å². The van der Waals surface area contributed by atoms with Crippen LogP contribution in [0, 0.1) is 0 Å². The van der Waals surface area contributed by atoms with Gasteiger partial charge in [0.25, 0.3) is 0 Å². The van der Waals surface area contributed by atoms with Crippen molar-refractivity contribution in [2.45, 2.75) is 6.04 Å². The van der Waals surface area contributed by atoms with Crippen molar-refractivity contribution >= 4 is 35.1 Å².